The molecule has 5 nitrogen and oxygen atoms in total. The van der Waals surface area contributed by atoms with Crippen LogP contribution in [0.3, 0.4) is 0 Å². The van der Waals surface area contributed by atoms with Gasteiger partial charge >= 0.3 is 0 Å². The highest BCUT2D eigenvalue weighted by Crippen LogP contribution is 2.30. The fourth-order valence-corrected chi connectivity index (χ4v) is 2.33. The van der Waals surface area contributed by atoms with Crippen molar-refractivity contribution in [3.8, 4) is 0 Å². The summed E-state index contributed by atoms with van der Waals surface area (Å²) < 4.78 is 0. The van der Waals surface area contributed by atoms with E-state index in [9.17, 15) is 0 Å². The number of nitrogens with zero attached hydrogens (tertiary/aromatic N) is 3. The van der Waals surface area contributed by atoms with Crippen LogP contribution >= 0.6 is 23.4 Å². The van der Waals surface area contributed by atoms with Gasteiger partial charge in [0.2, 0.25) is 0 Å². The van der Waals surface area contributed by atoms with Gasteiger partial charge in [0.25, 0.3) is 0 Å². The highest BCUT2D eigenvalue weighted by molar-refractivity contribution is 7.99. The van der Waals surface area contributed by atoms with Crippen molar-refractivity contribution in [2.24, 2.45) is 10.9 Å². The zero-order valence-electron chi connectivity index (χ0n) is 9.12. The minimum atomic E-state index is 0.00360. The predicted molar refractivity (Wildman–Crippen MR) is 70.1 cm³/mol. The van der Waals surface area contributed by atoms with Gasteiger partial charge in [-0.3, -0.25) is 4.98 Å². The summed E-state index contributed by atoms with van der Waals surface area (Å²) in [4.78, 5) is 8.91. The Morgan fingerprint density at radius 3 is 2.89 bits per heavy atom. The van der Waals surface area contributed by atoms with Crippen LogP contribution in [-0.4, -0.2) is 21.0 Å². The molecule has 1 heterocycles. The second kappa shape index (κ2) is 5.70. The van der Waals surface area contributed by atoms with E-state index >= 15 is 0 Å². The number of halogens is 1. The normalized spacial score (nSPS) is 11.5. The lowest BCUT2D eigenvalue weighted by atomic mass is 10.2. The van der Waals surface area contributed by atoms with Gasteiger partial charge in [0.1, 0.15) is 5.03 Å². The van der Waals surface area contributed by atoms with Crippen molar-refractivity contribution in [3.05, 3.63) is 47.4 Å². The molecule has 7 heteroatoms. The van der Waals surface area contributed by atoms with Gasteiger partial charge < -0.3 is 10.9 Å². The smallest absolute Gasteiger partial charge is 0.171 e. The largest absolute Gasteiger partial charge is 0.409 e. The fraction of sp³-hybridized carbons (Fsp3) is 0. The molecule has 0 saturated heterocycles. The summed E-state index contributed by atoms with van der Waals surface area (Å²) in [6, 6.07) is 5.15. The molecular weight excluding hydrogens is 272 g/mol. The molecule has 0 spiro atoms. The third-order valence-electron chi connectivity index (χ3n) is 2.08. The molecule has 0 fully saturated rings. The van der Waals surface area contributed by atoms with Crippen LogP contribution in [0.2, 0.25) is 5.02 Å². The number of hydrogen-bond acceptors (Lipinski definition) is 5. The van der Waals surface area contributed by atoms with E-state index in [0.29, 0.717) is 15.6 Å². The van der Waals surface area contributed by atoms with Crippen molar-refractivity contribution in [2.45, 2.75) is 9.92 Å². The van der Waals surface area contributed by atoms with Crippen molar-refractivity contribution in [3.63, 3.8) is 0 Å². The first-order chi connectivity index (χ1) is 8.70. The molecule has 3 N–H and O–H groups in total. The molecule has 0 aliphatic carbocycles. The molecule has 0 amide bonds. The molecule has 0 aliphatic rings. The minimum absolute atomic E-state index is 0.00360. The number of aromatic nitrogens is 2. The SMILES string of the molecule is NC(=NO)c1cc(Cl)ccc1Sc1cnccn1. The van der Waals surface area contributed by atoms with Crippen LogP contribution < -0.4 is 5.73 Å². The Bertz CT molecular complexity index is 577. The van der Waals surface area contributed by atoms with Gasteiger partial charge in [0.05, 0.1) is 6.20 Å². The molecule has 0 saturated carbocycles. The van der Waals surface area contributed by atoms with Crippen molar-refractivity contribution in [1.29, 1.82) is 0 Å². The van der Waals surface area contributed by atoms with Gasteiger partial charge in [-0.2, -0.15) is 0 Å². The first-order valence-corrected chi connectivity index (χ1v) is 6.11. The summed E-state index contributed by atoms with van der Waals surface area (Å²) in [5.74, 6) is 0.00360. The van der Waals surface area contributed by atoms with E-state index in [2.05, 4.69) is 15.1 Å². The molecule has 92 valence electrons. The van der Waals surface area contributed by atoms with Crippen molar-refractivity contribution >= 4 is 29.2 Å². The molecule has 2 rings (SSSR count). The Kier molecular flexibility index (Phi) is 4.01. The third kappa shape index (κ3) is 2.91. The highest BCUT2D eigenvalue weighted by Gasteiger charge is 2.10. The van der Waals surface area contributed by atoms with Crippen LogP contribution in [0.1, 0.15) is 5.56 Å². The Hall–Kier alpha value is -1.79. The number of amidine groups is 1. The van der Waals surface area contributed by atoms with Crippen molar-refractivity contribution in [2.75, 3.05) is 0 Å². The van der Waals surface area contributed by atoms with E-state index in [0.717, 1.165) is 4.90 Å². The molecule has 0 bridgehead atoms. The standard InChI is InChI=1S/C11H9ClN4OS/c12-7-1-2-9(8(5-7)11(13)16-17)18-10-6-14-3-4-15-10/h1-6,17H,(H2,13,16). The molecular formula is C11H9ClN4OS. The molecule has 2 aromatic rings. The number of rotatable bonds is 3. The maximum Gasteiger partial charge on any atom is 0.171 e. The lowest BCUT2D eigenvalue weighted by Crippen LogP contribution is -2.14. The maximum absolute atomic E-state index is 8.75. The average molecular weight is 281 g/mol. The second-order valence-corrected chi connectivity index (χ2v) is 4.77. The molecule has 1 aromatic heterocycles. The van der Waals surface area contributed by atoms with Crippen LogP contribution in [0.4, 0.5) is 0 Å². The molecule has 18 heavy (non-hydrogen) atoms. The van der Waals surface area contributed by atoms with Crippen LogP contribution in [0.25, 0.3) is 0 Å². The van der Waals surface area contributed by atoms with Crippen molar-refractivity contribution in [1.82, 2.24) is 9.97 Å². The Morgan fingerprint density at radius 2 is 2.22 bits per heavy atom. The fourth-order valence-electron chi connectivity index (χ4n) is 1.30. The van der Waals surface area contributed by atoms with E-state index in [1.807, 2.05) is 0 Å². The lowest BCUT2D eigenvalue weighted by Gasteiger charge is -2.07. The summed E-state index contributed by atoms with van der Waals surface area (Å²) in [6.07, 6.45) is 4.83. The topological polar surface area (TPSA) is 84.4 Å². The predicted octanol–water partition coefficient (Wildman–Crippen LogP) is 2.38. The molecule has 0 unspecified atom stereocenters. The van der Waals surface area contributed by atoms with E-state index in [-0.39, 0.29) is 5.84 Å². The zero-order chi connectivity index (χ0) is 13.0. The minimum Gasteiger partial charge on any atom is -0.409 e. The first kappa shape index (κ1) is 12.7. The number of benzene rings is 1. The molecule has 0 aliphatic heterocycles. The van der Waals surface area contributed by atoms with Crippen LogP contribution in [0, 0.1) is 0 Å². The number of oxime groups is 1. The summed E-state index contributed by atoms with van der Waals surface area (Å²) in [7, 11) is 0. The second-order valence-electron chi connectivity index (χ2n) is 3.27. The monoisotopic (exact) mass is 280 g/mol. The number of nitrogens with two attached hydrogens (primary N) is 1. The zero-order valence-corrected chi connectivity index (χ0v) is 10.7. The van der Waals surface area contributed by atoms with Gasteiger partial charge in [0, 0.05) is 27.9 Å². The average Bonchev–Trinajstić information content (AvgIpc) is 2.41. The van der Waals surface area contributed by atoms with Gasteiger partial charge in [-0.05, 0) is 18.2 Å². The van der Waals surface area contributed by atoms with Gasteiger partial charge in [-0.1, -0.05) is 28.5 Å². The quantitative estimate of drug-likeness (QED) is 0.390. The van der Waals surface area contributed by atoms with Crippen molar-refractivity contribution < 1.29 is 5.21 Å². The Balaban J connectivity index is 2.39. The van der Waals surface area contributed by atoms with E-state index < -0.39 is 0 Å². The summed E-state index contributed by atoms with van der Waals surface area (Å²) >= 11 is 7.25. The Morgan fingerprint density at radius 1 is 1.39 bits per heavy atom. The molecule has 0 radical (unpaired) electrons. The van der Waals surface area contributed by atoms with Crippen LogP contribution in [0.5, 0.6) is 0 Å². The van der Waals surface area contributed by atoms with E-state index in [4.69, 9.17) is 22.5 Å². The van der Waals surface area contributed by atoms with Crippen LogP contribution in [0.15, 0.2) is 51.9 Å². The number of hydrogen-bond donors (Lipinski definition) is 2. The lowest BCUT2D eigenvalue weighted by molar-refractivity contribution is 0.318. The highest BCUT2D eigenvalue weighted by atomic mass is 35.5. The molecule has 1 aromatic carbocycles. The van der Waals surface area contributed by atoms with Gasteiger partial charge in [0.15, 0.2) is 5.84 Å². The maximum atomic E-state index is 8.75. The van der Waals surface area contributed by atoms with E-state index in [1.165, 1.54) is 11.8 Å². The van der Waals surface area contributed by atoms with Gasteiger partial charge in [-0.15, -0.1) is 0 Å². The Labute approximate surface area is 113 Å². The van der Waals surface area contributed by atoms with Gasteiger partial charge in [-0.25, -0.2) is 4.98 Å². The summed E-state index contributed by atoms with van der Waals surface area (Å²) in [5, 5.41) is 13.0. The molecule has 0 atom stereocenters. The van der Waals surface area contributed by atoms with E-state index in [1.54, 1.807) is 36.8 Å². The first-order valence-electron chi connectivity index (χ1n) is 4.92. The summed E-state index contributed by atoms with van der Waals surface area (Å²) in [5.41, 5.74) is 6.17. The summed E-state index contributed by atoms with van der Waals surface area (Å²) in [6.45, 7) is 0. The third-order valence-corrected chi connectivity index (χ3v) is 3.31. The van der Waals surface area contributed by atoms with Crippen LogP contribution in [-0.2, 0) is 0 Å².